The SMILES string of the molecule is CC(O)/C(=N/N(C)C(=O)O)c1cc(F)c(F)c(F)c1. The van der Waals surface area contributed by atoms with Gasteiger partial charge in [0.15, 0.2) is 17.5 Å². The number of amides is 1. The van der Waals surface area contributed by atoms with Crippen molar-refractivity contribution >= 4 is 11.8 Å². The van der Waals surface area contributed by atoms with Crippen LogP contribution in [0.2, 0.25) is 0 Å². The monoisotopic (exact) mass is 276 g/mol. The summed E-state index contributed by atoms with van der Waals surface area (Å²) < 4.78 is 39.0. The lowest BCUT2D eigenvalue weighted by atomic mass is 10.1. The van der Waals surface area contributed by atoms with Gasteiger partial charge in [-0.25, -0.2) is 23.0 Å². The molecule has 1 aromatic carbocycles. The Morgan fingerprint density at radius 1 is 1.32 bits per heavy atom. The molecule has 1 atom stereocenters. The predicted molar refractivity (Wildman–Crippen MR) is 60.3 cm³/mol. The van der Waals surface area contributed by atoms with E-state index in [4.69, 9.17) is 5.11 Å². The Kier molecular flexibility index (Phi) is 4.49. The molecule has 8 heteroatoms. The molecule has 1 rings (SSSR count). The topological polar surface area (TPSA) is 73.1 Å². The van der Waals surface area contributed by atoms with Crippen LogP contribution in [0, 0.1) is 17.5 Å². The Hall–Kier alpha value is -2.09. The van der Waals surface area contributed by atoms with Crippen molar-refractivity contribution in [1.29, 1.82) is 0 Å². The second-order valence-corrected chi connectivity index (χ2v) is 3.72. The minimum Gasteiger partial charge on any atom is -0.464 e. The maximum atomic E-state index is 13.1. The molecular formula is C11H11F3N2O3. The Labute approximate surface area is 106 Å². The third-order valence-corrected chi connectivity index (χ3v) is 2.21. The van der Waals surface area contributed by atoms with Gasteiger partial charge in [0.2, 0.25) is 0 Å². The van der Waals surface area contributed by atoms with Crippen LogP contribution in [-0.4, -0.2) is 40.2 Å². The van der Waals surface area contributed by atoms with Crippen LogP contribution in [-0.2, 0) is 0 Å². The Morgan fingerprint density at radius 3 is 2.16 bits per heavy atom. The molecule has 0 saturated heterocycles. The van der Waals surface area contributed by atoms with Gasteiger partial charge in [-0.1, -0.05) is 0 Å². The van der Waals surface area contributed by atoms with Gasteiger partial charge in [0.1, 0.15) is 0 Å². The third-order valence-electron chi connectivity index (χ3n) is 2.21. The zero-order valence-electron chi connectivity index (χ0n) is 10.1. The number of rotatable bonds is 3. The third kappa shape index (κ3) is 3.44. The van der Waals surface area contributed by atoms with E-state index in [1.54, 1.807) is 0 Å². The summed E-state index contributed by atoms with van der Waals surface area (Å²) in [4.78, 5) is 10.6. The fourth-order valence-electron chi connectivity index (χ4n) is 1.29. The van der Waals surface area contributed by atoms with Crippen LogP contribution in [0.3, 0.4) is 0 Å². The van der Waals surface area contributed by atoms with Gasteiger partial charge in [-0.2, -0.15) is 5.10 Å². The van der Waals surface area contributed by atoms with Crippen LogP contribution in [0.15, 0.2) is 17.2 Å². The molecule has 1 unspecified atom stereocenters. The van der Waals surface area contributed by atoms with Gasteiger partial charge in [0.25, 0.3) is 0 Å². The van der Waals surface area contributed by atoms with Gasteiger partial charge in [-0.05, 0) is 19.1 Å². The maximum absolute atomic E-state index is 13.1. The van der Waals surface area contributed by atoms with Gasteiger partial charge in [-0.15, -0.1) is 0 Å². The number of carbonyl (C=O) groups is 1. The Bertz CT molecular complexity index is 509. The predicted octanol–water partition coefficient (Wildman–Crippen LogP) is 1.80. The highest BCUT2D eigenvalue weighted by Crippen LogP contribution is 2.16. The number of hydrazone groups is 1. The second kappa shape index (κ2) is 5.70. The lowest BCUT2D eigenvalue weighted by molar-refractivity contribution is 0.157. The highest BCUT2D eigenvalue weighted by molar-refractivity contribution is 6.03. The fourth-order valence-corrected chi connectivity index (χ4v) is 1.29. The summed E-state index contributed by atoms with van der Waals surface area (Å²) in [5, 5.41) is 22.1. The quantitative estimate of drug-likeness (QED) is 0.502. The van der Waals surface area contributed by atoms with Gasteiger partial charge in [0.05, 0.1) is 11.8 Å². The Balaban J connectivity index is 3.32. The van der Waals surface area contributed by atoms with Crippen LogP contribution in [0.4, 0.5) is 18.0 Å². The lowest BCUT2D eigenvalue weighted by Gasteiger charge is -2.14. The second-order valence-electron chi connectivity index (χ2n) is 3.72. The molecule has 0 bridgehead atoms. The van der Waals surface area contributed by atoms with E-state index in [1.807, 2.05) is 0 Å². The number of nitrogens with zero attached hydrogens (tertiary/aromatic N) is 2. The molecule has 0 heterocycles. The molecule has 19 heavy (non-hydrogen) atoms. The van der Waals surface area contributed by atoms with Gasteiger partial charge < -0.3 is 10.2 Å². The average Bonchev–Trinajstić information content (AvgIpc) is 2.31. The summed E-state index contributed by atoms with van der Waals surface area (Å²) in [5.74, 6) is -4.57. The number of halogens is 3. The van der Waals surface area contributed by atoms with Gasteiger partial charge in [-0.3, -0.25) is 0 Å². The van der Waals surface area contributed by atoms with Crippen molar-refractivity contribution in [1.82, 2.24) is 5.01 Å². The van der Waals surface area contributed by atoms with E-state index in [9.17, 15) is 23.1 Å². The van der Waals surface area contributed by atoms with Crippen molar-refractivity contribution in [3.05, 3.63) is 35.1 Å². The summed E-state index contributed by atoms with van der Waals surface area (Å²) in [7, 11) is 1.07. The average molecular weight is 276 g/mol. The first-order valence-corrected chi connectivity index (χ1v) is 5.12. The molecule has 0 spiro atoms. The summed E-state index contributed by atoms with van der Waals surface area (Å²) >= 11 is 0. The van der Waals surface area contributed by atoms with Crippen molar-refractivity contribution < 1.29 is 28.2 Å². The van der Waals surface area contributed by atoms with Crippen LogP contribution in [0.5, 0.6) is 0 Å². The minimum atomic E-state index is -1.65. The normalized spacial score (nSPS) is 13.3. The minimum absolute atomic E-state index is 0.250. The molecule has 0 aliphatic heterocycles. The van der Waals surface area contributed by atoms with Gasteiger partial charge in [0, 0.05) is 12.6 Å². The molecule has 0 fully saturated rings. The summed E-state index contributed by atoms with van der Waals surface area (Å²) in [6.07, 6.45) is -2.73. The summed E-state index contributed by atoms with van der Waals surface area (Å²) in [6, 6.07) is 1.25. The van der Waals surface area contributed by atoms with Crippen molar-refractivity contribution in [2.24, 2.45) is 5.10 Å². The first-order valence-electron chi connectivity index (χ1n) is 5.12. The van der Waals surface area contributed by atoms with E-state index in [1.165, 1.54) is 6.92 Å². The smallest absolute Gasteiger partial charge is 0.427 e. The van der Waals surface area contributed by atoms with E-state index in [2.05, 4.69) is 5.10 Å². The van der Waals surface area contributed by atoms with Crippen LogP contribution < -0.4 is 0 Å². The van der Waals surface area contributed by atoms with Crippen molar-refractivity contribution in [2.75, 3.05) is 7.05 Å². The fraction of sp³-hybridized carbons (Fsp3) is 0.273. The molecule has 0 aliphatic carbocycles. The lowest BCUT2D eigenvalue weighted by Crippen LogP contribution is -2.26. The molecule has 104 valence electrons. The molecule has 0 saturated carbocycles. The van der Waals surface area contributed by atoms with E-state index >= 15 is 0 Å². The molecule has 0 aliphatic rings. The first kappa shape index (κ1) is 15.0. The number of hydrogen-bond acceptors (Lipinski definition) is 3. The highest BCUT2D eigenvalue weighted by atomic mass is 19.2. The first-order chi connectivity index (χ1) is 8.73. The van der Waals surface area contributed by atoms with Crippen LogP contribution >= 0.6 is 0 Å². The zero-order chi connectivity index (χ0) is 14.7. The zero-order valence-corrected chi connectivity index (χ0v) is 10.1. The molecule has 1 amide bonds. The number of hydrogen-bond donors (Lipinski definition) is 2. The molecule has 5 nitrogen and oxygen atoms in total. The van der Waals surface area contributed by atoms with Crippen LogP contribution in [0.1, 0.15) is 12.5 Å². The Morgan fingerprint density at radius 2 is 1.79 bits per heavy atom. The van der Waals surface area contributed by atoms with E-state index in [0.717, 1.165) is 7.05 Å². The molecule has 1 aromatic rings. The number of aliphatic hydroxyl groups excluding tert-OH is 1. The number of aliphatic hydroxyl groups is 1. The maximum Gasteiger partial charge on any atom is 0.427 e. The standard InChI is InChI=1S/C11H11F3N2O3/c1-5(17)10(15-16(2)11(18)19)6-3-7(12)9(14)8(13)4-6/h3-5,17H,1-2H3,(H,18,19)/b15-10-. The summed E-state index contributed by atoms with van der Waals surface area (Å²) in [5.41, 5.74) is -0.554. The van der Waals surface area contributed by atoms with Crippen molar-refractivity contribution in [3.8, 4) is 0 Å². The van der Waals surface area contributed by atoms with E-state index in [0.29, 0.717) is 17.1 Å². The largest absolute Gasteiger partial charge is 0.464 e. The van der Waals surface area contributed by atoms with E-state index in [-0.39, 0.29) is 11.3 Å². The van der Waals surface area contributed by atoms with Crippen molar-refractivity contribution in [2.45, 2.75) is 13.0 Å². The molecule has 0 radical (unpaired) electrons. The van der Waals surface area contributed by atoms with Crippen LogP contribution in [0.25, 0.3) is 0 Å². The van der Waals surface area contributed by atoms with Gasteiger partial charge >= 0.3 is 6.09 Å². The highest BCUT2D eigenvalue weighted by Gasteiger charge is 2.18. The molecule has 0 aromatic heterocycles. The molecular weight excluding hydrogens is 265 g/mol. The number of benzene rings is 1. The molecule has 2 N–H and O–H groups in total. The summed E-state index contributed by atoms with van der Waals surface area (Å²) in [6.45, 7) is 1.23. The number of carboxylic acid groups (broad SMARTS) is 1. The van der Waals surface area contributed by atoms with E-state index < -0.39 is 29.6 Å². The van der Waals surface area contributed by atoms with Crippen molar-refractivity contribution in [3.63, 3.8) is 0 Å².